The number of hydrogen-bond donors (Lipinski definition) is 1. The Kier molecular flexibility index (Phi) is 3.57. The molecule has 10 heteroatoms. The summed E-state index contributed by atoms with van der Waals surface area (Å²) >= 11 is 5.88. The van der Waals surface area contributed by atoms with Crippen molar-refractivity contribution >= 4 is 17.5 Å². The van der Waals surface area contributed by atoms with Crippen molar-refractivity contribution in [2.75, 3.05) is 18.5 Å². The van der Waals surface area contributed by atoms with Crippen molar-refractivity contribution in [1.82, 2.24) is 19.9 Å². The molecule has 2 aliphatic rings. The molecule has 1 saturated carbocycles. The summed E-state index contributed by atoms with van der Waals surface area (Å²) in [7, 11) is 0. The van der Waals surface area contributed by atoms with Gasteiger partial charge >= 0.3 is 6.18 Å². The molecule has 1 aliphatic carbocycles. The number of nitrogens with one attached hydrogen (secondary N) is 1. The van der Waals surface area contributed by atoms with Gasteiger partial charge in [0.1, 0.15) is 11.4 Å². The van der Waals surface area contributed by atoms with E-state index < -0.39 is 11.9 Å². The smallest absolute Gasteiger partial charge is 0.381 e. The van der Waals surface area contributed by atoms with E-state index in [9.17, 15) is 13.2 Å². The third-order valence-corrected chi connectivity index (χ3v) is 4.29. The van der Waals surface area contributed by atoms with Crippen molar-refractivity contribution in [3.8, 4) is 11.5 Å². The number of fused-ring (bicyclic) bond motifs is 1. The molecule has 1 saturated heterocycles. The van der Waals surface area contributed by atoms with Crippen LogP contribution in [0.5, 0.6) is 0 Å². The molecule has 6 nitrogen and oxygen atoms in total. The number of nitrogens with zero attached hydrogens (tertiary/aromatic N) is 4. The van der Waals surface area contributed by atoms with E-state index in [2.05, 4.69) is 25.3 Å². The monoisotopic (exact) mass is 357 g/mol. The summed E-state index contributed by atoms with van der Waals surface area (Å²) in [4.78, 5) is 15.6. The predicted octanol–water partition coefficient (Wildman–Crippen LogP) is 2.66. The lowest BCUT2D eigenvalue weighted by Crippen LogP contribution is -2.15. The Morgan fingerprint density at radius 1 is 1.08 bits per heavy atom. The van der Waals surface area contributed by atoms with Crippen LogP contribution in [0.1, 0.15) is 5.69 Å². The van der Waals surface area contributed by atoms with Gasteiger partial charge in [-0.2, -0.15) is 28.1 Å². The Balaban J connectivity index is 1.61. The van der Waals surface area contributed by atoms with Gasteiger partial charge in [0, 0.05) is 17.9 Å². The topological polar surface area (TPSA) is 72.8 Å². The predicted molar refractivity (Wildman–Crippen MR) is 78.3 cm³/mol. The summed E-state index contributed by atoms with van der Waals surface area (Å²) in [6, 6.07) is 3.72. The molecular formula is C14H11ClF3N5O. The largest absolute Gasteiger partial charge is 0.433 e. The van der Waals surface area contributed by atoms with E-state index in [0.29, 0.717) is 25.0 Å². The lowest BCUT2D eigenvalue weighted by molar-refractivity contribution is -0.141. The minimum absolute atomic E-state index is 0.00865. The number of hydrogen-bond acceptors (Lipinski definition) is 6. The second kappa shape index (κ2) is 5.52. The standard InChI is InChI=1S/C14H11ClF3N5O/c15-12-21-11(8-2-1-3-9(19-8)14(16,17)18)22-13(23-12)20-10-6-4-24-5-7(6)10/h1-3,6-7,10H,4-5H2,(H,20,21,22,23)/t6-,7+,10?. The molecule has 3 heterocycles. The van der Waals surface area contributed by atoms with Gasteiger partial charge in [-0.25, -0.2) is 4.98 Å². The fraction of sp³-hybridized carbons (Fsp3) is 0.429. The second-order valence-electron chi connectivity index (χ2n) is 5.69. The molecular weight excluding hydrogens is 347 g/mol. The van der Waals surface area contributed by atoms with Crippen molar-refractivity contribution in [3.05, 3.63) is 29.2 Å². The quantitative estimate of drug-likeness (QED) is 0.910. The van der Waals surface area contributed by atoms with Gasteiger partial charge in [0.2, 0.25) is 11.2 Å². The number of anilines is 1. The zero-order valence-electron chi connectivity index (χ0n) is 12.1. The molecule has 0 aromatic carbocycles. The third kappa shape index (κ3) is 2.89. The number of alkyl halides is 3. The molecule has 0 amide bonds. The first-order valence-corrected chi connectivity index (χ1v) is 7.60. The maximum Gasteiger partial charge on any atom is 0.433 e. The summed E-state index contributed by atoms with van der Waals surface area (Å²) in [6.07, 6.45) is -4.54. The summed E-state index contributed by atoms with van der Waals surface area (Å²) in [6.45, 7) is 1.37. The minimum Gasteiger partial charge on any atom is -0.381 e. The van der Waals surface area contributed by atoms with Crippen molar-refractivity contribution in [2.45, 2.75) is 12.2 Å². The lowest BCUT2D eigenvalue weighted by atomic mass is 10.3. The minimum atomic E-state index is -4.54. The first-order chi connectivity index (χ1) is 11.4. The first-order valence-electron chi connectivity index (χ1n) is 7.22. The highest BCUT2D eigenvalue weighted by atomic mass is 35.5. The van der Waals surface area contributed by atoms with Gasteiger partial charge in [-0.1, -0.05) is 6.07 Å². The van der Waals surface area contributed by atoms with Crippen LogP contribution in [-0.2, 0) is 10.9 Å². The van der Waals surface area contributed by atoms with E-state index in [1.54, 1.807) is 0 Å². The summed E-state index contributed by atoms with van der Waals surface area (Å²) in [5, 5.41) is 3.03. The van der Waals surface area contributed by atoms with Gasteiger partial charge < -0.3 is 10.1 Å². The number of ether oxygens (including phenoxy) is 1. The van der Waals surface area contributed by atoms with Crippen LogP contribution in [0.3, 0.4) is 0 Å². The van der Waals surface area contributed by atoms with Crippen LogP contribution in [0.4, 0.5) is 19.1 Å². The van der Waals surface area contributed by atoms with E-state index in [4.69, 9.17) is 16.3 Å². The van der Waals surface area contributed by atoms with Crippen LogP contribution in [0, 0.1) is 11.8 Å². The number of aromatic nitrogens is 4. The van der Waals surface area contributed by atoms with Crippen LogP contribution in [0.25, 0.3) is 11.5 Å². The van der Waals surface area contributed by atoms with Crippen molar-refractivity contribution in [1.29, 1.82) is 0 Å². The normalized spacial score (nSPS) is 25.4. The van der Waals surface area contributed by atoms with Crippen LogP contribution >= 0.6 is 11.6 Å². The first kappa shape index (κ1) is 15.5. The number of halogens is 4. The number of pyridine rings is 1. The zero-order chi connectivity index (χ0) is 16.9. The molecule has 126 valence electrons. The van der Waals surface area contributed by atoms with Crippen molar-refractivity contribution in [2.24, 2.45) is 11.8 Å². The Bertz CT molecular complexity index is 777. The molecule has 0 spiro atoms. The Morgan fingerprint density at radius 2 is 1.83 bits per heavy atom. The van der Waals surface area contributed by atoms with E-state index in [0.717, 1.165) is 6.07 Å². The maximum atomic E-state index is 12.8. The van der Waals surface area contributed by atoms with E-state index >= 15 is 0 Å². The fourth-order valence-electron chi connectivity index (χ4n) is 2.85. The summed E-state index contributed by atoms with van der Waals surface area (Å²) in [5.74, 6) is 1.04. The average molecular weight is 358 g/mol. The fourth-order valence-corrected chi connectivity index (χ4v) is 3.01. The SMILES string of the molecule is FC(F)(F)c1cccc(-c2nc(Cl)nc(NC3[C@H]4COC[C@@H]34)n2)n1. The van der Waals surface area contributed by atoms with E-state index in [-0.39, 0.29) is 28.8 Å². The van der Waals surface area contributed by atoms with Crippen molar-refractivity contribution < 1.29 is 17.9 Å². The molecule has 1 aliphatic heterocycles. The second-order valence-corrected chi connectivity index (χ2v) is 6.03. The van der Waals surface area contributed by atoms with Gasteiger partial charge in [-0.15, -0.1) is 0 Å². The molecule has 0 bridgehead atoms. The molecule has 2 aromatic heterocycles. The highest BCUT2D eigenvalue weighted by Crippen LogP contribution is 2.45. The Labute approximate surface area is 139 Å². The van der Waals surface area contributed by atoms with Gasteiger partial charge in [0.15, 0.2) is 5.82 Å². The summed E-state index contributed by atoms with van der Waals surface area (Å²) < 4.78 is 43.7. The molecule has 1 N–H and O–H groups in total. The molecule has 3 atom stereocenters. The van der Waals surface area contributed by atoms with Gasteiger partial charge in [-0.05, 0) is 23.7 Å². The molecule has 1 unspecified atom stereocenters. The van der Waals surface area contributed by atoms with E-state index in [1.165, 1.54) is 12.1 Å². The van der Waals surface area contributed by atoms with Gasteiger partial charge in [0.05, 0.1) is 13.2 Å². The van der Waals surface area contributed by atoms with Crippen LogP contribution in [0.15, 0.2) is 18.2 Å². The average Bonchev–Trinajstić information content (AvgIpc) is 2.95. The molecule has 0 radical (unpaired) electrons. The van der Waals surface area contributed by atoms with Crippen molar-refractivity contribution in [3.63, 3.8) is 0 Å². The lowest BCUT2D eigenvalue weighted by Gasteiger charge is -2.10. The molecule has 2 aromatic rings. The number of rotatable bonds is 3. The highest BCUT2D eigenvalue weighted by Gasteiger charge is 2.54. The van der Waals surface area contributed by atoms with Crippen LogP contribution in [-0.4, -0.2) is 39.2 Å². The molecule has 24 heavy (non-hydrogen) atoms. The van der Waals surface area contributed by atoms with Gasteiger partial charge in [-0.3, -0.25) is 0 Å². The summed E-state index contributed by atoms with van der Waals surface area (Å²) in [5.41, 5.74) is -1.03. The van der Waals surface area contributed by atoms with Crippen LogP contribution in [0.2, 0.25) is 5.28 Å². The molecule has 4 rings (SSSR count). The molecule has 2 fully saturated rings. The van der Waals surface area contributed by atoms with Gasteiger partial charge in [0.25, 0.3) is 0 Å². The third-order valence-electron chi connectivity index (χ3n) is 4.12. The maximum absolute atomic E-state index is 12.8. The highest BCUT2D eigenvalue weighted by molar-refractivity contribution is 6.28. The zero-order valence-corrected chi connectivity index (χ0v) is 12.8. The Morgan fingerprint density at radius 3 is 2.54 bits per heavy atom. The Hall–Kier alpha value is -2.00. The van der Waals surface area contributed by atoms with E-state index in [1.807, 2.05) is 0 Å². The van der Waals surface area contributed by atoms with Crippen LogP contribution < -0.4 is 5.32 Å².